The largest absolute Gasteiger partial charge is 0.334 e. The van der Waals surface area contributed by atoms with Crippen molar-refractivity contribution >= 4 is 5.91 Å². The summed E-state index contributed by atoms with van der Waals surface area (Å²) < 4.78 is 0. The first-order chi connectivity index (χ1) is 15.2. The maximum atomic E-state index is 13.2. The topological polar surface area (TPSA) is 23.6 Å². The quantitative estimate of drug-likeness (QED) is 0.454. The second kappa shape index (κ2) is 10.9. The van der Waals surface area contributed by atoms with Crippen molar-refractivity contribution in [2.24, 2.45) is 0 Å². The highest BCUT2D eigenvalue weighted by molar-refractivity contribution is 5.95. The van der Waals surface area contributed by atoms with E-state index < -0.39 is 0 Å². The molecule has 2 fully saturated rings. The molecule has 2 aliphatic heterocycles. The van der Waals surface area contributed by atoms with Gasteiger partial charge in [-0.3, -0.25) is 4.79 Å². The predicted molar refractivity (Wildman–Crippen MR) is 129 cm³/mol. The lowest BCUT2D eigenvalue weighted by molar-refractivity contribution is 0.0709. The van der Waals surface area contributed by atoms with Crippen molar-refractivity contribution in [2.75, 3.05) is 26.2 Å². The zero-order chi connectivity index (χ0) is 21.5. The monoisotopic (exact) mass is 418 g/mol. The number of hydrogen-bond acceptors (Lipinski definition) is 2. The minimum Gasteiger partial charge on any atom is -0.334 e. The number of amides is 1. The molecule has 0 bridgehead atoms. The Morgan fingerprint density at radius 2 is 1.52 bits per heavy atom. The smallest absolute Gasteiger partial charge is 0.254 e. The van der Waals surface area contributed by atoms with Crippen molar-refractivity contribution in [2.45, 2.75) is 70.8 Å². The third kappa shape index (κ3) is 5.77. The van der Waals surface area contributed by atoms with Crippen LogP contribution >= 0.6 is 0 Å². The van der Waals surface area contributed by atoms with Crippen molar-refractivity contribution in [1.29, 1.82) is 0 Å². The second-order valence-electron chi connectivity index (χ2n) is 9.39. The summed E-state index contributed by atoms with van der Waals surface area (Å²) in [5.41, 5.74) is 4.66. The summed E-state index contributed by atoms with van der Waals surface area (Å²) in [5.74, 6) is 0.204. The van der Waals surface area contributed by atoms with Crippen LogP contribution in [0.4, 0.5) is 0 Å². The highest BCUT2D eigenvalue weighted by atomic mass is 16.2. The van der Waals surface area contributed by atoms with E-state index in [1.54, 1.807) is 0 Å². The van der Waals surface area contributed by atoms with Gasteiger partial charge in [0, 0.05) is 24.7 Å². The van der Waals surface area contributed by atoms with Gasteiger partial charge in [0.1, 0.15) is 0 Å². The van der Waals surface area contributed by atoms with E-state index in [1.807, 2.05) is 12.1 Å². The van der Waals surface area contributed by atoms with Crippen molar-refractivity contribution in [3.63, 3.8) is 0 Å². The summed E-state index contributed by atoms with van der Waals surface area (Å²) >= 11 is 0. The standard InChI is InChI=1S/C28H38N2O/c1-2-3-4-5-9-23-11-13-24(14-12-23)25-15-17-26(18-16-25)28(31)30-21-8-10-27(30)22-29-19-6-7-20-29/h11-18,27H,2-10,19-22H2,1H3/t27-/m0/s1. The Labute approximate surface area is 188 Å². The van der Waals surface area contributed by atoms with Crippen LogP contribution in [0.1, 0.15) is 74.2 Å². The lowest BCUT2D eigenvalue weighted by Gasteiger charge is -2.28. The molecule has 3 heteroatoms. The number of hydrogen-bond donors (Lipinski definition) is 0. The Kier molecular flexibility index (Phi) is 7.80. The Hall–Kier alpha value is -2.13. The summed E-state index contributed by atoms with van der Waals surface area (Å²) in [6.45, 7) is 6.61. The van der Waals surface area contributed by atoms with Crippen molar-refractivity contribution < 1.29 is 4.79 Å². The highest BCUT2D eigenvalue weighted by Crippen LogP contribution is 2.25. The molecule has 0 saturated carbocycles. The molecule has 4 rings (SSSR count). The van der Waals surface area contributed by atoms with Crippen LogP contribution in [0, 0.1) is 0 Å². The highest BCUT2D eigenvalue weighted by Gasteiger charge is 2.31. The summed E-state index contributed by atoms with van der Waals surface area (Å²) in [7, 11) is 0. The maximum absolute atomic E-state index is 13.2. The van der Waals surface area contributed by atoms with Gasteiger partial charge in [-0.15, -0.1) is 0 Å². The molecule has 1 atom stereocenters. The SMILES string of the molecule is CCCCCCc1ccc(-c2ccc(C(=O)N3CCC[C@H]3CN3CCCC3)cc2)cc1. The number of carbonyl (C=O) groups excluding carboxylic acids is 1. The lowest BCUT2D eigenvalue weighted by Crippen LogP contribution is -2.42. The van der Waals surface area contributed by atoms with E-state index in [0.29, 0.717) is 6.04 Å². The van der Waals surface area contributed by atoms with Gasteiger partial charge < -0.3 is 9.80 Å². The van der Waals surface area contributed by atoms with Crippen LogP contribution in [-0.4, -0.2) is 47.9 Å². The fraction of sp³-hybridized carbons (Fsp3) is 0.536. The van der Waals surface area contributed by atoms with E-state index in [9.17, 15) is 4.79 Å². The molecule has 31 heavy (non-hydrogen) atoms. The van der Waals surface area contributed by atoms with E-state index >= 15 is 0 Å². The third-order valence-corrected chi connectivity index (χ3v) is 7.04. The fourth-order valence-corrected chi connectivity index (χ4v) is 5.15. The van der Waals surface area contributed by atoms with Crippen LogP contribution in [0.25, 0.3) is 11.1 Å². The number of likely N-dealkylation sites (tertiary alicyclic amines) is 2. The number of carbonyl (C=O) groups is 1. The predicted octanol–water partition coefficient (Wildman–Crippen LogP) is 6.18. The molecule has 3 nitrogen and oxygen atoms in total. The van der Waals surface area contributed by atoms with Gasteiger partial charge in [-0.25, -0.2) is 0 Å². The Balaban J connectivity index is 1.35. The first-order valence-corrected chi connectivity index (χ1v) is 12.5. The summed E-state index contributed by atoms with van der Waals surface area (Å²) in [4.78, 5) is 17.8. The lowest BCUT2D eigenvalue weighted by atomic mass is 10.00. The van der Waals surface area contributed by atoms with Crippen molar-refractivity contribution in [3.8, 4) is 11.1 Å². The summed E-state index contributed by atoms with van der Waals surface area (Å²) in [6.07, 6.45) is 11.3. The molecule has 2 saturated heterocycles. The number of unbranched alkanes of at least 4 members (excludes halogenated alkanes) is 3. The van der Waals surface area contributed by atoms with Crippen LogP contribution in [0.2, 0.25) is 0 Å². The maximum Gasteiger partial charge on any atom is 0.254 e. The van der Waals surface area contributed by atoms with Gasteiger partial charge in [0.15, 0.2) is 0 Å². The molecule has 0 aromatic heterocycles. The first kappa shape index (κ1) is 22.1. The molecule has 166 valence electrons. The first-order valence-electron chi connectivity index (χ1n) is 12.5. The summed E-state index contributed by atoms with van der Waals surface area (Å²) in [6, 6.07) is 17.6. The average Bonchev–Trinajstić information content (AvgIpc) is 3.49. The van der Waals surface area contributed by atoms with E-state index in [4.69, 9.17) is 0 Å². The van der Waals surface area contributed by atoms with Crippen molar-refractivity contribution in [3.05, 3.63) is 59.7 Å². The van der Waals surface area contributed by atoms with Gasteiger partial charge >= 0.3 is 0 Å². The molecule has 2 aromatic carbocycles. The van der Waals surface area contributed by atoms with Crippen LogP contribution in [-0.2, 0) is 6.42 Å². The van der Waals surface area contributed by atoms with E-state index in [1.165, 1.54) is 74.7 Å². The molecule has 1 amide bonds. The Morgan fingerprint density at radius 3 is 2.19 bits per heavy atom. The molecular formula is C28H38N2O. The van der Waals surface area contributed by atoms with Crippen LogP contribution in [0.5, 0.6) is 0 Å². The minimum atomic E-state index is 0.204. The second-order valence-corrected chi connectivity index (χ2v) is 9.39. The molecular weight excluding hydrogens is 380 g/mol. The van der Waals surface area contributed by atoms with Gasteiger partial charge in [-0.1, -0.05) is 62.6 Å². The Morgan fingerprint density at radius 1 is 0.839 bits per heavy atom. The third-order valence-electron chi connectivity index (χ3n) is 7.04. The zero-order valence-corrected chi connectivity index (χ0v) is 19.2. The van der Waals surface area contributed by atoms with E-state index in [0.717, 1.165) is 31.5 Å². The van der Waals surface area contributed by atoms with Crippen molar-refractivity contribution in [1.82, 2.24) is 9.80 Å². The molecule has 2 heterocycles. The van der Waals surface area contributed by atoms with Gasteiger partial charge in [0.05, 0.1) is 0 Å². The summed E-state index contributed by atoms with van der Waals surface area (Å²) in [5, 5.41) is 0. The normalized spacial score (nSPS) is 19.3. The van der Waals surface area contributed by atoms with Gasteiger partial charge in [-0.2, -0.15) is 0 Å². The molecule has 0 radical (unpaired) electrons. The number of benzene rings is 2. The van der Waals surface area contributed by atoms with Gasteiger partial charge in [0.2, 0.25) is 0 Å². The van der Waals surface area contributed by atoms with Crippen LogP contribution < -0.4 is 0 Å². The van der Waals surface area contributed by atoms with E-state index in [-0.39, 0.29) is 5.91 Å². The molecule has 0 aliphatic carbocycles. The van der Waals surface area contributed by atoms with E-state index in [2.05, 4.69) is 53.1 Å². The Bertz CT molecular complexity index is 821. The molecule has 0 N–H and O–H groups in total. The molecule has 2 aliphatic rings. The average molecular weight is 419 g/mol. The number of aryl methyl sites for hydroxylation is 1. The fourth-order valence-electron chi connectivity index (χ4n) is 5.15. The number of nitrogens with zero attached hydrogens (tertiary/aromatic N) is 2. The van der Waals surface area contributed by atoms with Crippen LogP contribution in [0.15, 0.2) is 48.5 Å². The van der Waals surface area contributed by atoms with Gasteiger partial charge in [0.25, 0.3) is 5.91 Å². The molecule has 2 aromatic rings. The minimum absolute atomic E-state index is 0.204. The van der Waals surface area contributed by atoms with Crippen LogP contribution in [0.3, 0.4) is 0 Å². The molecule has 0 spiro atoms. The zero-order valence-electron chi connectivity index (χ0n) is 19.2. The molecule has 0 unspecified atom stereocenters. The number of rotatable bonds is 9. The van der Waals surface area contributed by atoms with Gasteiger partial charge in [-0.05, 0) is 80.4 Å².